The van der Waals surface area contributed by atoms with E-state index in [1.807, 2.05) is 0 Å². The fourth-order valence-electron chi connectivity index (χ4n) is 2.78. The summed E-state index contributed by atoms with van der Waals surface area (Å²) in [5, 5.41) is 3.41. The molecular weight excluding hydrogens is 260 g/mol. The number of ether oxygens (including phenoxy) is 1. The molecule has 0 saturated heterocycles. The van der Waals surface area contributed by atoms with Gasteiger partial charge in [0, 0.05) is 38.6 Å². The average molecular weight is 286 g/mol. The van der Waals surface area contributed by atoms with Crippen LogP contribution in [0.5, 0.6) is 0 Å². The zero-order chi connectivity index (χ0) is 15.2. The van der Waals surface area contributed by atoms with Crippen LogP contribution in [-0.4, -0.2) is 24.8 Å². The third-order valence-corrected chi connectivity index (χ3v) is 3.88. The van der Waals surface area contributed by atoms with Crippen molar-refractivity contribution in [1.29, 1.82) is 0 Å². The Balaban J connectivity index is 2.09. The molecule has 0 aliphatic heterocycles. The van der Waals surface area contributed by atoms with Crippen molar-refractivity contribution in [1.82, 2.24) is 9.88 Å². The van der Waals surface area contributed by atoms with Gasteiger partial charge in [0.2, 0.25) is 0 Å². The highest BCUT2D eigenvalue weighted by Crippen LogP contribution is 2.18. The highest BCUT2D eigenvalue weighted by Gasteiger charge is 2.07. The highest BCUT2D eigenvalue weighted by atomic mass is 16.5. The maximum Gasteiger partial charge on any atom is 0.0587 e. The molecule has 0 radical (unpaired) electrons. The summed E-state index contributed by atoms with van der Waals surface area (Å²) in [4.78, 5) is 0. The van der Waals surface area contributed by atoms with Gasteiger partial charge in [-0.2, -0.15) is 0 Å². The van der Waals surface area contributed by atoms with E-state index in [1.54, 1.807) is 7.11 Å². The molecule has 0 aliphatic carbocycles. The normalized spacial score (nSPS) is 11.0. The SMILES string of the molecule is COCCNCc1cccn1Cc1c(C)cc(C)cc1C. The summed E-state index contributed by atoms with van der Waals surface area (Å²) in [6, 6.07) is 8.83. The topological polar surface area (TPSA) is 26.2 Å². The molecule has 0 fully saturated rings. The Morgan fingerprint density at radius 1 is 1.14 bits per heavy atom. The van der Waals surface area contributed by atoms with E-state index in [0.29, 0.717) is 0 Å². The number of hydrogen-bond donors (Lipinski definition) is 1. The second kappa shape index (κ2) is 7.43. The van der Waals surface area contributed by atoms with Gasteiger partial charge in [-0.05, 0) is 49.6 Å². The Labute approximate surface area is 127 Å². The predicted octanol–water partition coefficient (Wildman–Crippen LogP) is 3.20. The molecule has 1 heterocycles. The van der Waals surface area contributed by atoms with Crippen LogP contribution in [0.25, 0.3) is 0 Å². The number of aromatic nitrogens is 1. The van der Waals surface area contributed by atoms with E-state index in [9.17, 15) is 0 Å². The summed E-state index contributed by atoms with van der Waals surface area (Å²) in [7, 11) is 1.73. The quantitative estimate of drug-likeness (QED) is 0.791. The summed E-state index contributed by atoms with van der Waals surface area (Å²) in [5.74, 6) is 0. The summed E-state index contributed by atoms with van der Waals surface area (Å²) in [6.07, 6.45) is 2.16. The molecule has 0 unspecified atom stereocenters. The van der Waals surface area contributed by atoms with Crippen LogP contribution < -0.4 is 5.32 Å². The van der Waals surface area contributed by atoms with E-state index in [0.717, 1.165) is 26.2 Å². The van der Waals surface area contributed by atoms with Gasteiger partial charge in [-0.3, -0.25) is 0 Å². The summed E-state index contributed by atoms with van der Waals surface area (Å²) in [6.45, 7) is 10.0. The third-order valence-electron chi connectivity index (χ3n) is 3.88. The number of aryl methyl sites for hydroxylation is 3. The Morgan fingerprint density at radius 3 is 2.52 bits per heavy atom. The van der Waals surface area contributed by atoms with E-state index in [4.69, 9.17) is 4.74 Å². The van der Waals surface area contributed by atoms with Gasteiger partial charge < -0.3 is 14.6 Å². The molecule has 1 aromatic carbocycles. The maximum atomic E-state index is 5.06. The molecule has 0 bridgehead atoms. The summed E-state index contributed by atoms with van der Waals surface area (Å²) in [5.41, 5.74) is 6.82. The molecule has 0 amide bonds. The first-order valence-electron chi connectivity index (χ1n) is 7.52. The number of rotatable bonds is 7. The van der Waals surface area contributed by atoms with Crippen molar-refractivity contribution >= 4 is 0 Å². The van der Waals surface area contributed by atoms with Gasteiger partial charge in [-0.15, -0.1) is 0 Å². The summed E-state index contributed by atoms with van der Waals surface area (Å²) < 4.78 is 7.38. The zero-order valence-corrected chi connectivity index (χ0v) is 13.6. The lowest BCUT2D eigenvalue weighted by Gasteiger charge is -2.15. The Morgan fingerprint density at radius 2 is 1.86 bits per heavy atom. The van der Waals surface area contributed by atoms with Gasteiger partial charge in [-0.25, -0.2) is 0 Å². The van der Waals surface area contributed by atoms with Crippen molar-refractivity contribution in [3.05, 3.63) is 58.4 Å². The number of nitrogens with zero attached hydrogens (tertiary/aromatic N) is 1. The van der Waals surface area contributed by atoms with E-state index in [1.165, 1.54) is 27.9 Å². The second-order valence-electron chi connectivity index (χ2n) is 5.67. The minimum atomic E-state index is 0.747. The monoisotopic (exact) mass is 286 g/mol. The molecule has 0 aliphatic rings. The lowest BCUT2D eigenvalue weighted by atomic mass is 10.00. The molecule has 3 nitrogen and oxygen atoms in total. The largest absolute Gasteiger partial charge is 0.383 e. The molecule has 2 aromatic rings. The van der Waals surface area contributed by atoms with E-state index >= 15 is 0 Å². The standard InChI is InChI=1S/C18H26N2O/c1-14-10-15(2)18(16(3)11-14)13-20-8-5-6-17(20)12-19-7-9-21-4/h5-6,8,10-11,19H,7,9,12-13H2,1-4H3. The van der Waals surface area contributed by atoms with Crippen LogP contribution in [0.1, 0.15) is 27.9 Å². The van der Waals surface area contributed by atoms with Gasteiger partial charge in [0.25, 0.3) is 0 Å². The van der Waals surface area contributed by atoms with Gasteiger partial charge in [0.15, 0.2) is 0 Å². The highest BCUT2D eigenvalue weighted by molar-refractivity contribution is 5.37. The Kier molecular flexibility index (Phi) is 5.59. The van der Waals surface area contributed by atoms with Crippen LogP contribution in [0, 0.1) is 20.8 Å². The first kappa shape index (κ1) is 15.8. The van der Waals surface area contributed by atoms with Crippen molar-refractivity contribution in [2.45, 2.75) is 33.9 Å². The summed E-state index contributed by atoms with van der Waals surface area (Å²) >= 11 is 0. The second-order valence-corrected chi connectivity index (χ2v) is 5.67. The van der Waals surface area contributed by atoms with Crippen molar-refractivity contribution in [2.75, 3.05) is 20.3 Å². The molecule has 2 rings (SSSR count). The third kappa shape index (κ3) is 4.19. The molecule has 0 atom stereocenters. The molecule has 21 heavy (non-hydrogen) atoms. The minimum Gasteiger partial charge on any atom is -0.383 e. The lowest BCUT2D eigenvalue weighted by molar-refractivity contribution is 0.199. The molecule has 1 N–H and O–H groups in total. The average Bonchev–Trinajstić information content (AvgIpc) is 2.86. The van der Waals surface area contributed by atoms with Crippen molar-refractivity contribution in [2.24, 2.45) is 0 Å². The van der Waals surface area contributed by atoms with Crippen LogP contribution >= 0.6 is 0 Å². The number of benzene rings is 1. The minimum absolute atomic E-state index is 0.747. The molecule has 0 saturated carbocycles. The fourth-order valence-corrected chi connectivity index (χ4v) is 2.78. The zero-order valence-electron chi connectivity index (χ0n) is 13.6. The fraction of sp³-hybridized carbons (Fsp3) is 0.444. The van der Waals surface area contributed by atoms with E-state index in [-0.39, 0.29) is 0 Å². The molecule has 1 aromatic heterocycles. The number of nitrogens with one attached hydrogen (secondary N) is 1. The molecule has 0 spiro atoms. The predicted molar refractivity (Wildman–Crippen MR) is 87.8 cm³/mol. The lowest BCUT2D eigenvalue weighted by Crippen LogP contribution is -2.20. The van der Waals surface area contributed by atoms with Crippen LogP contribution in [0.4, 0.5) is 0 Å². The Bertz CT molecular complexity index is 564. The maximum absolute atomic E-state index is 5.06. The van der Waals surface area contributed by atoms with Crippen LogP contribution in [0.3, 0.4) is 0 Å². The number of methoxy groups -OCH3 is 1. The van der Waals surface area contributed by atoms with Crippen LogP contribution in [-0.2, 0) is 17.8 Å². The number of hydrogen-bond acceptors (Lipinski definition) is 2. The van der Waals surface area contributed by atoms with Crippen molar-refractivity contribution < 1.29 is 4.74 Å². The van der Waals surface area contributed by atoms with Crippen molar-refractivity contribution in [3.63, 3.8) is 0 Å². The smallest absolute Gasteiger partial charge is 0.0587 e. The molecule has 114 valence electrons. The van der Waals surface area contributed by atoms with Gasteiger partial charge in [0.1, 0.15) is 0 Å². The molecule has 3 heteroatoms. The first-order valence-corrected chi connectivity index (χ1v) is 7.52. The molecular formula is C18H26N2O. The van der Waals surface area contributed by atoms with Crippen LogP contribution in [0.2, 0.25) is 0 Å². The van der Waals surface area contributed by atoms with E-state index < -0.39 is 0 Å². The van der Waals surface area contributed by atoms with Gasteiger partial charge >= 0.3 is 0 Å². The Hall–Kier alpha value is -1.58. The van der Waals surface area contributed by atoms with Gasteiger partial charge in [0.05, 0.1) is 6.61 Å². The van der Waals surface area contributed by atoms with E-state index in [2.05, 4.69) is 61.1 Å². The first-order chi connectivity index (χ1) is 10.1. The van der Waals surface area contributed by atoms with Crippen molar-refractivity contribution in [3.8, 4) is 0 Å². The van der Waals surface area contributed by atoms with Crippen LogP contribution in [0.15, 0.2) is 30.5 Å². The van der Waals surface area contributed by atoms with Gasteiger partial charge in [-0.1, -0.05) is 17.7 Å².